The van der Waals surface area contributed by atoms with Gasteiger partial charge in [-0.1, -0.05) is 25.1 Å². The Bertz CT molecular complexity index is 1360. The minimum Gasteiger partial charge on any atom is -0.455 e. The number of fused-ring (bicyclic) bond motifs is 2. The van der Waals surface area contributed by atoms with Crippen LogP contribution in [0.2, 0.25) is 0 Å². The van der Waals surface area contributed by atoms with Gasteiger partial charge in [0.05, 0.1) is 30.5 Å². The summed E-state index contributed by atoms with van der Waals surface area (Å²) in [4.78, 5) is 29.3. The molecule has 7 rings (SSSR count). The van der Waals surface area contributed by atoms with E-state index in [0.717, 1.165) is 0 Å². The van der Waals surface area contributed by atoms with Crippen molar-refractivity contribution >= 4 is 11.9 Å². The Labute approximate surface area is 269 Å². The average Bonchev–Trinajstić information content (AvgIpc) is 3.41. The van der Waals surface area contributed by atoms with Crippen molar-refractivity contribution in [3.05, 3.63) is 35.9 Å². The summed E-state index contributed by atoms with van der Waals surface area (Å²) >= 11 is 0. The second-order valence-corrected chi connectivity index (χ2v) is 14.4. The van der Waals surface area contributed by atoms with Crippen molar-refractivity contribution in [3.63, 3.8) is 0 Å². The molecule has 0 amide bonds. The number of carbonyl (C=O) groups is 2. The normalized spacial score (nSPS) is 49.9. The molecule has 1 spiro atoms. The van der Waals surface area contributed by atoms with Crippen molar-refractivity contribution in [2.24, 2.45) is 34.5 Å². The number of benzene rings is 1. The monoisotopic (exact) mass is 645 g/mol. The summed E-state index contributed by atoms with van der Waals surface area (Å²) in [5.41, 5.74) is -4.79. The van der Waals surface area contributed by atoms with Crippen molar-refractivity contribution in [1.29, 1.82) is 0 Å². The van der Waals surface area contributed by atoms with Gasteiger partial charge in [-0.25, -0.2) is 4.79 Å². The fourth-order valence-corrected chi connectivity index (χ4v) is 12.3. The van der Waals surface area contributed by atoms with Gasteiger partial charge >= 0.3 is 11.9 Å². The fraction of sp³-hybridized carbons (Fsp3) is 0.765. The molecule has 4 unspecified atom stereocenters. The van der Waals surface area contributed by atoms with Gasteiger partial charge < -0.3 is 43.7 Å². The number of piperidine rings is 1. The Kier molecular flexibility index (Phi) is 7.69. The molecule has 12 nitrogen and oxygen atoms in total. The zero-order valence-electron chi connectivity index (χ0n) is 27.3. The maximum atomic E-state index is 13.8. The molecular formula is C34H47NO11. The van der Waals surface area contributed by atoms with Crippen LogP contribution in [0.25, 0.3) is 0 Å². The Balaban J connectivity index is 1.53. The van der Waals surface area contributed by atoms with Crippen LogP contribution < -0.4 is 0 Å². The minimum atomic E-state index is -1.83. The molecule has 12 heteroatoms. The number of ether oxygens (including phenoxy) is 6. The first kappa shape index (κ1) is 32.4. The molecule has 1 aliphatic heterocycles. The average molecular weight is 646 g/mol. The van der Waals surface area contributed by atoms with Gasteiger partial charge in [0.1, 0.15) is 23.9 Å². The maximum absolute atomic E-state index is 13.8. The van der Waals surface area contributed by atoms with Crippen LogP contribution in [0.15, 0.2) is 30.3 Å². The van der Waals surface area contributed by atoms with Gasteiger partial charge in [0, 0.05) is 83.0 Å². The van der Waals surface area contributed by atoms with Crippen molar-refractivity contribution in [2.45, 2.75) is 80.6 Å². The molecule has 15 atom stereocenters. The minimum absolute atomic E-state index is 0.0791. The Morgan fingerprint density at radius 2 is 1.72 bits per heavy atom. The molecule has 3 N–H and O–H groups in total. The molecule has 1 aromatic rings. The molecule has 6 aliphatic rings. The second kappa shape index (κ2) is 10.9. The van der Waals surface area contributed by atoms with Crippen molar-refractivity contribution in [1.82, 2.24) is 4.90 Å². The molecule has 7 bridgehead atoms. The molecule has 46 heavy (non-hydrogen) atoms. The van der Waals surface area contributed by atoms with E-state index in [2.05, 4.69) is 4.90 Å². The number of rotatable bonds is 9. The molecule has 5 aliphatic carbocycles. The highest BCUT2D eigenvalue weighted by molar-refractivity contribution is 5.89. The maximum Gasteiger partial charge on any atom is 0.338 e. The first-order valence-corrected chi connectivity index (χ1v) is 16.3. The number of nitrogens with zero attached hydrogens (tertiary/aromatic N) is 1. The quantitative estimate of drug-likeness (QED) is 0.323. The summed E-state index contributed by atoms with van der Waals surface area (Å²) in [5.74, 6) is -3.65. The van der Waals surface area contributed by atoms with Crippen LogP contribution in [0.1, 0.15) is 37.0 Å². The van der Waals surface area contributed by atoms with E-state index in [1.165, 1.54) is 14.0 Å². The summed E-state index contributed by atoms with van der Waals surface area (Å²) in [6.45, 7) is 4.68. The van der Waals surface area contributed by atoms with Crippen molar-refractivity contribution in [3.8, 4) is 0 Å². The number of carbonyl (C=O) groups excluding carboxylic acids is 2. The number of aliphatic hydroxyl groups excluding tert-OH is 2. The lowest BCUT2D eigenvalue weighted by Crippen LogP contribution is -2.81. The topological polar surface area (TPSA) is 153 Å². The molecule has 1 saturated heterocycles. The third-order valence-electron chi connectivity index (χ3n) is 13.2. The van der Waals surface area contributed by atoms with Crippen LogP contribution in [0.3, 0.4) is 0 Å². The molecular weight excluding hydrogens is 598 g/mol. The number of methoxy groups -OCH3 is 4. The Morgan fingerprint density at radius 1 is 1.00 bits per heavy atom. The molecule has 1 heterocycles. The first-order chi connectivity index (χ1) is 22.0. The van der Waals surface area contributed by atoms with Gasteiger partial charge in [-0.15, -0.1) is 0 Å². The molecule has 254 valence electrons. The highest BCUT2D eigenvalue weighted by Gasteiger charge is 2.92. The first-order valence-electron chi connectivity index (χ1n) is 16.3. The molecule has 0 aromatic heterocycles. The Morgan fingerprint density at radius 3 is 2.30 bits per heavy atom. The smallest absolute Gasteiger partial charge is 0.338 e. The van der Waals surface area contributed by atoms with Crippen LogP contribution >= 0.6 is 0 Å². The zero-order chi connectivity index (χ0) is 33.0. The zero-order valence-corrected chi connectivity index (χ0v) is 27.3. The summed E-state index contributed by atoms with van der Waals surface area (Å²) in [6, 6.07) is 8.18. The predicted octanol–water partition coefficient (Wildman–Crippen LogP) is 0.648. The van der Waals surface area contributed by atoms with Crippen molar-refractivity contribution in [2.75, 3.05) is 48.1 Å². The lowest BCUT2D eigenvalue weighted by atomic mass is 9.42. The van der Waals surface area contributed by atoms with Gasteiger partial charge in [-0.3, -0.25) is 9.69 Å². The van der Waals surface area contributed by atoms with Crippen molar-refractivity contribution < 1.29 is 53.3 Å². The van der Waals surface area contributed by atoms with Crippen LogP contribution in [0.4, 0.5) is 0 Å². The van der Waals surface area contributed by atoms with E-state index in [9.17, 15) is 24.9 Å². The Hall–Kier alpha value is -2.16. The van der Waals surface area contributed by atoms with Gasteiger partial charge in [-0.05, 0) is 31.0 Å². The molecule has 0 radical (unpaired) electrons. The summed E-state index contributed by atoms with van der Waals surface area (Å²) in [5, 5.41) is 37.3. The van der Waals surface area contributed by atoms with E-state index in [-0.39, 0.29) is 25.0 Å². The third kappa shape index (κ3) is 3.62. The third-order valence-corrected chi connectivity index (χ3v) is 13.2. The summed E-state index contributed by atoms with van der Waals surface area (Å²) < 4.78 is 37.4. The number of aliphatic hydroxyl groups is 3. The SMILES string of the molecule is CCN1C[C@@]2(COC)C3[C@@H](OC)[C@@H]4C1[C@@]3(C1C[C@@]3(O)[C@H](OC(=O)c5ccccc5)C1[C@]4(OC(C)=O)[C@@H](O)[C@@H]3OC)[C@@H](OC)C[C@H]2O. The van der Waals surface area contributed by atoms with E-state index in [0.29, 0.717) is 25.1 Å². The second-order valence-electron chi connectivity index (χ2n) is 14.4. The van der Waals surface area contributed by atoms with Gasteiger partial charge in [0.2, 0.25) is 0 Å². The van der Waals surface area contributed by atoms with Crippen LogP contribution in [-0.4, -0.2) is 134 Å². The largest absolute Gasteiger partial charge is 0.455 e. The van der Waals surface area contributed by atoms with E-state index in [4.69, 9.17) is 28.4 Å². The number of hydrogen-bond donors (Lipinski definition) is 3. The summed E-state index contributed by atoms with van der Waals surface area (Å²) in [6.07, 6.45) is -5.49. The van der Waals surface area contributed by atoms with Crippen LogP contribution in [0, 0.1) is 34.5 Å². The van der Waals surface area contributed by atoms with Crippen LogP contribution in [-0.2, 0) is 33.2 Å². The van der Waals surface area contributed by atoms with Gasteiger partial charge in [-0.2, -0.15) is 0 Å². The highest BCUT2D eigenvalue weighted by atomic mass is 16.6. The standard InChI is InChI=1S/C34H47NO11/c1-7-35-15-31(16-41-3)20(37)13-21(42-4)33-19-14-32(40)28(45-30(39)18-11-9-8-10-12-18)22(19)34(46-17(2)36,27(38)29(32)44-6)23(26(33)35)24(43-5)25(31)33/h8-12,19-29,37-38,40H,7,13-16H2,1-6H3/t19?,20-,21+,22?,23-,24+,25?,26?,27+,28-,29+,31+,32-,33+,34-/m1/s1. The van der Waals surface area contributed by atoms with E-state index < -0.39 is 88.3 Å². The number of likely N-dealkylation sites (tertiary alicyclic amines) is 1. The van der Waals surface area contributed by atoms with E-state index in [1.54, 1.807) is 51.7 Å². The molecule has 1 aromatic carbocycles. The van der Waals surface area contributed by atoms with E-state index in [1.807, 2.05) is 6.92 Å². The van der Waals surface area contributed by atoms with Gasteiger partial charge in [0.25, 0.3) is 0 Å². The van der Waals surface area contributed by atoms with E-state index >= 15 is 0 Å². The lowest BCUT2D eigenvalue weighted by Gasteiger charge is -2.70. The highest BCUT2D eigenvalue weighted by Crippen LogP contribution is 2.80. The number of esters is 2. The number of hydrogen-bond acceptors (Lipinski definition) is 12. The molecule has 6 fully saturated rings. The summed E-state index contributed by atoms with van der Waals surface area (Å²) in [7, 11) is 6.27. The lowest BCUT2D eigenvalue weighted by molar-refractivity contribution is -0.322. The molecule has 5 saturated carbocycles. The fourth-order valence-electron chi connectivity index (χ4n) is 12.3. The van der Waals surface area contributed by atoms with Gasteiger partial charge in [0.15, 0.2) is 5.60 Å². The van der Waals surface area contributed by atoms with Crippen LogP contribution in [0.5, 0.6) is 0 Å². The predicted molar refractivity (Wildman–Crippen MR) is 160 cm³/mol.